The lowest BCUT2D eigenvalue weighted by atomic mass is 10.0. The minimum absolute atomic E-state index is 0.0846. The molecule has 2 rings (SSSR count). The largest absolute Gasteiger partial charge is 0.378 e. The molecule has 2 aliphatic rings. The highest BCUT2D eigenvalue weighted by atomic mass is 16.5. The van der Waals surface area contributed by atoms with Crippen molar-refractivity contribution in [3.05, 3.63) is 0 Å². The summed E-state index contributed by atoms with van der Waals surface area (Å²) < 4.78 is 5.44. The molecule has 2 saturated heterocycles. The van der Waals surface area contributed by atoms with Crippen LogP contribution in [0.1, 0.15) is 26.2 Å². The Kier molecular flexibility index (Phi) is 3.82. The van der Waals surface area contributed by atoms with Crippen molar-refractivity contribution in [3.8, 4) is 0 Å². The van der Waals surface area contributed by atoms with E-state index < -0.39 is 0 Å². The van der Waals surface area contributed by atoms with E-state index in [9.17, 15) is 4.79 Å². The maximum absolute atomic E-state index is 12.1. The lowest BCUT2D eigenvalue weighted by molar-refractivity contribution is -0.134. The highest BCUT2D eigenvalue weighted by molar-refractivity contribution is 5.79. The highest BCUT2D eigenvalue weighted by Crippen LogP contribution is 2.21. The zero-order chi connectivity index (χ0) is 11.5. The average Bonchev–Trinajstić information content (AvgIpc) is 2.88. The second-order valence-corrected chi connectivity index (χ2v) is 5.09. The molecule has 0 saturated carbocycles. The van der Waals surface area contributed by atoms with Gasteiger partial charge in [0.2, 0.25) is 5.91 Å². The Bertz CT molecular complexity index is 251. The number of ether oxygens (including phenoxy) is 1. The molecule has 3 unspecified atom stereocenters. The quantitative estimate of drug-likeness (QED) is 0.767. The van der Waals surface area contributed by atoms with Crippen LogP contribution < -0.4 is 5.32 Å². The number of rotatable bonds is 3. The molecule has 1 amide bonds. The predicted molar refractivity (Wildman–Crippen MR) is 62.2 cm³/mol. The van der Waals surface area contributed by atoms with Gasteiger partial charge in [0.05, 0.1) is 18.6 Å². The van der Waals surface area contributed by atoms with Gasteiger partial charge in [-0.1, -0.05) is 0 Å². The molecule has 0 bridgehead atoms. The standard InChI is InChI=1S/C12H22N2O2/c1-9-6-10(8-16-9)12(15)14(2)7-11-4-3-5-13-11/h9-11,13H,3-8H2,1-2H3. The molecule has 4 heteroatoms. The summed E-state index contributed by atoms with van der Waals surface area (Å²) in [5.41, 5.74) is 0. The molecule has 2 fully saturated rings. The van der Waals surface area contributed by atoms with Gasteiger partial charge in [-0.3, -0.25) is 4.79 Å². The molecule has 0 aromatic carbocycles. The van der Waals surface area contributed by atoms with Gasteiger partial charge in [-0.25, -0.2) is 0 Å². The number of carbonyl (C=O) groups excluding carboxylic acids is 1. The van der Waals surface area contributed by atoms with Gasteiger partial charge in [0.1, 0.15) is 0 Å². The van der Waals surface area contributed by atoms with Crippen molar-refractivity contribution in [1.29, 1.82) is 0 Å². The van der Waals surface area contributed by atoms with E-state index in [4.69, 9.17) is 4.74 Å². The van der Waals surface area contributed by atoms with Crippen molar-refractivity contribution in [2.24, 2.45) is 5.92 Å². The highest BCUT2D eigenvalue weighted by Gasteiger charge is 2.31. The van der Waals surface area contributed by atoms with Crippen molar-refractivity contribution >= 4 is 5.91 Å². The number of hydrogen-bond donors (Lipinski definition) is 1. The third-order valence-corrected chi connectivity index (χ3v) is 3.58. The van der Waals surface area contributed by atoms with Gasteiger partial charge >= 0.3 is 0 Å². The topological polar surface area (TPSA) is 41.6 Å². The molecule has 0 aromatic heterocycles. The van der Waals surface area contributed by atoms with Gasteiger partial charge in [-0.05, 0) is 32.7 Å². The van der Waals surface area contributed by atoms with Crippen LogP contribution in [0.4, 0.5) is 0 Å². The van der Waals surface area contributed by atoms with E-state index in [1.165, 1.54) is 12.8 Å². The molecular weight excluding hydrogens is 204 g/mol. The Morgan fingerprint density at radius 2 is 2.38 bits per heavy atom. The van der Waals surface area contributed by atoms with Crippen molar-refractivity contribution in [3.63, 3.8) is 0 Å². The third kappa shape index (κ3) is 2.74. The number of likely N-dealkylation sites (N-methyl/N-ethyl adjacent to an activating group) is 1. The lowest BCUT2D eigenvalue weighted by Crippen LogP contribution is -2.41. The van der Waals surface area contributed by atoms with Crippen LogP contribution in [0, 0.1) is 5.92 Å². The maximum atomic E-state index is 12.1. The molecule has 92 valence electrons. The summed E-state index contributed by atoms with van der Waals surface area (Å²) in [4.78, 5) is 14.0. The number of amides is 1. The SMILES string of the molecule is CC1CC(C(=O)N(C)CC2CCCN2)CO1. The summed E-state index contributed by atoms with van der Waals surface area (Å²) >= 11 is 0. The molecule has 2 aliphatic heterocycles. The predicted octanol–water partition coefficient (Wildman–Crippen LogP) is 0.622. The van der Waals surface area contributed by atoms with Crippen LogP contribution in [0.25, 0.3) is 0 Å². The Morgan fingerprint density at radius 1 is 1.56 bits per heavy atom. The van der Waals surface area contributed by atoms with Crippen LogP contribution in [0.3, 0.4) is 0 Å². The molecule has 0 radical (unpaired) electrons. The smallest absolute Gasteiger partial charge is 0.227 e. The average molecular weight is 226 g/mol. The molecular formula is C12H22N2O2. The van der Waals surface area contributed by atoms with Gasteiger partial charge in [0, 0.05) is 19.6 Å². The summed E-state index contributed by atoms with van der Waals surface area (Å²) in [5, 5.41) is 3.42. The van der Waals surface area contributed by atoms with Crippen LogP contribution in [0.15, 0.2) is 0 Å². The first kappa shape index (κ1) is 11.9. The Balaban J connectivity index is 1.79. The molecule has 2 heterocycles. The Hall–Kier alpha value is -0.610. The van der Waals surface area contributed by atoms with Gasteiger partial charge < -0.3 is 15.0 Å². The van der Waals surface area contributed by atoms with Gasteiger partial charge in [0.15, 0.2) is 0 Å². The third-order valence-electron chi connectivity index (χ3n) is 3.58. The monoisotopic (exact) mass is 226 g/mol. The zero-order valence-corrected chi connectivity index (χ0v) is 10.2. The number of nitrogens with one attached hydrogen (secondary N) is 1. The molecule has 0 aromatic rings. The minimum Gasteiger partial charge on any atom is -0.378 e. The van der Waals surface area contributed by atoms with Crippen LogP contribution in [0.5, 0.6) is 0 Å². The fraction of sp³-hybridized carbons (Fsp3) is 0.917. The summed E-state index contributed by atoms with van der Waals surface area (Å²) in [6.07, 6.45) is 3.54. The molecule has 0 aliphatic carbocycles. The molecule has 4 nitrogen and oxygen atoms in total. The van der Waals surface area contributed by atoms with E-state index in [2.05, 4.69) is 5.32 Å². The second kappa shape index (κ2) is 5.15. The molecule has 3 atom stereocenters. The van der Waals surface area contributed by atoms with E-state index in [1.807, 2.05) is 18.9 Å². The van der Waals surface area contributed by atoms with E-state index in [0.29, 0.717) is 12.6 Å². The van der Waals surface area contributed by atoms with Crippen molar-refractivity contribution in [1.82, 2.24) is 10.2 Å². The van der Waals surface area contributed by atoms with Crippen LogP contribution in [0.2, 0.25) is 0 Å². The summed E-state index contributed by atoms with van der Waals surface area (Å²) in [7, 11) is 1.91. The van der Waals surface area contributed by atoms with Crippen LogP contribution in [-0.2, 0) is 9.53 Å². The Morgan fingerprint density at radius 3 is 2.94 bits per heavy atom. The normalized spacial score (nSPS) is 34.2. The maximum Gasteiger partial charge on any atom is 0.227 e. The Labute approximate surface area is 97.3 Å². The fourth-order valence-electron chi connectivity index (χ4n) is 2.63. The first-order valence-corrected chi connectivity index (χ1v) is 6.27. The van der Waals surface area contributed by atoms with Gasteiger partial charge in [-0.2, -0.15) is 0 Å². The lowest BCUT2D eigenvalue weighted by Gasteiger charge is -2.23. The van der Waals surface area contributed by atoms with Crippen molar-refractivity contribution in [2.45, 2.75) is 38.3 Å². The van der Waals surface area contributed by atoms with E-state index in [-0.39, 0.29) is 17.9 Å². The van der Waals surface area contributed by atoms with Crippen molar-refractivity contribution in [2.75, 3.05) is 26.7 Å². The number of carbonyl (C=O) groups is 1. The van der Waals surface area contributed by atoms with Gasteiger partial charge in [-0.15, -0.1) is 0 Å². The van der Waals surface area contributed by atoms with E-state index >= 15 is 0 Å². The molecule has 0 spiro atoms. The van der Waals surface area contributed by atoms with Gasteiger partial charge in [0.25, 0.3) is 0 Å². The molecule has 1 N–H and O–H groups in total. The number of hydrogen-bond acceptors (Lipinski definition) is 3. The zero-order valence-electron chi connectivity index (χ0n) is 10.2. The number of nitrogens with zero attached hydrogens (tertiary/aromatic N) is 1. The summed E-state index contributed by atoms with van der Waals surface area (Å²) in [5.74, 6) is 0.333. The van der Waals surface area contributed by atoms with Crippen molar-refractivity contribution < 1.29 is 9.53 Å². The van der Waals surface area contributed by atoms with E-state index in [0.717, 1.165) is 19.5 Å². The molecule has 16 heavy (non-hydrogen) atoms. The first-order valence-electron chi connectivity index (χ1n) is 6.27. The minimum atomic E-state index is 0.0846. The van der Waals surface area contributed by atoms with Crippen LogP contribution in [-0.4, -0.2) is 49.7 Å². The summed E-state index contributed by atoms with van der Waals surface area (Å²) in [6.45, 7) is 4.56. The van der Waals surface area contributed by atoms with Crippen LogP contribution >= 0.6 is 0 Å². The summed E-state index contributed by atoms with van der Waals surface area (Å²) in [6, 6.07) is 0.494. The second-order valence-electron chi connectivity index (χ2n) is 5.09. The van der Waals surface area contributed by atoms with E-state index in [1.54, 1.807) is 0 Å². The first-order chi connectivity index (χ1) is 7.66. The fourth-order valence-corrected chi connectivity index (χ4v) is 2.63.